The maximum Gasteiger partial charge on any atom is 0.0245 e. The molecule has 0 spiro atoms. The van der Waals surface area contributed by atoms with Gasteiger partial charge in [-0.3, -0.25) is 4.90 Å². The van der Waals surface area contributed by atoms with Crippen LogP contribution in [0, 0.1) is 6.92 Å². The van der Waals surface area contributed by atoms with Gasteiger partial charge in [-0.2, -0.15) is 0 Å². The van der Waals surface area contributed by atoms with Crippen LogP contribution in [0.15, 0.2) is 22.7 Å². The quantitative estimate of drug-likeness (QED) is 0.789. The Balaban J connectivity index is 2.05. The maximum atomic E-state index is 3.63. The number of halogens is 1. The molecule has 1 aromatic rings. The Labute approximate surface area is 101 Å². The van der Waals surface area contributed by atoms with Crippen LogP contribution in [-0.4, -0.2) is 18.0 Å². The molecule has 0 bridgehead atoms. The zero-order valence-electron chi connectivity index (χ0n) is 9.30. The first kappa shape index (κ1) is 11.2. The van der Waals surface area contributed by atoms with Gasteiger partial charge in [0.15, 0.2) is 0 Å². The largest absolute Gasteiger partial charge is 0.299 e. The molecule has 0 N–H and O–H groups in total. The average Bonchev–Trinajstić information content (AvgIpc) is 2.25. The third kappa shape index (κ3) is 3.05. The molecule has 2 rings (SSSR count). The molecule has 0 atom stereocenters. The Bertz CT molecular complexity index is 329. The molecule has 2 heteroatoms. The second-order valence-corrected chi connectivity index (χ2v) is 5.29. The van der Waals surface area contributed by atoms with Crippen LogP contribution in [0.2, 0.25) is 0 Å². The maximum absolute atomic E-state index is 3.63. The lowest BCUT2D eigenvalue weighted by molar-refractivity contribution is 0.220. The summed E-state index contributed by atoms with van der Waals surface area (Å²) in [6, 6.07) is 6.61. The number of benzene rings is 1. The molecule has 0 unspecified atom stereocenters. The van der Waals surface area contributed by atoms with Crippen LogP contribution >= 0.6 is 15.9 Å². The van der Waals surface area contributed by atoms with Gasteiger partial charge in [-0.05, 0) is 44.5 Å². The van der Waals surface area contributed by atoms with Gasteiger partial charge in [0.2, 0.25) is 0 Å². The average molecular weight is 268 g/mol. The van der Waals surface area contributed by atoms with Crippen molar-refractivity contribution in [1.29, 1.82) is 0 Å². The molecule has 0 radical (unpaired) electrons. The zero-order valence-corrected chi connectivity index (χ0v) is 10.9. The highest BCUT2D eigenvalue weighted by Gasteiger charge is 2.11. The third-order valence-electron chi connectivity index (χ3n) is 3.04. The van der Waals surface area contributed by atoms with E-state index in [1.807, 2.05) is 0 Å². The Morgan fingerprint density at radius 2 is 1.93 bits per heavy atom. The molecule has 1 heterocycles. The predicted molar refractivity (Wildman–Crippen MR) is 68.0 cm³/mol. The highest BCUT2D eigenvalue weighted by atomic mass is 79.9. The van der Waals surface area contributed by atoms with Crippen molar-refractivity contribution in [2.75, 3.05) is 13.1 Å². The van der Waals surface area contributed by atoms with E-state index in [-0.39, 0.29) is 0 Å². The summed E-state index contributed by atoms with van der Waals surface area (Å²) in [5.41, 5.74) is 2.78. The van der Waals surface area contributed by atoms with Crippen LogP contribution in [0.4, 0.5) is 0 Å². The molecule has 1 aromatic carbocycles. The minimum atomic E-state index is 1.10. The van der Waals surface area contributed by atoms with E-state index in [1.54, 1.807) is 0 Å². The molecule has 0 aromatic heterocycles. The van der Waals surface area contributed by atoms with Crippen LogP contribution < -0.4 is 0 Å². The van der Waals surface area contributed by atoms with Gasteiger partial charge in [-0.25, -0.2) is 0 Å². The minimum Gasteiger partial charge on any atom is -0.299 e. The summed E-state index contributed by atoms with van der Waals surface area (Å²) in [7, 11) is 0. The molecule has 0 saturated carbocycles. The first-order chi connectivity index (χ1) is 7.25. The van der Waals surface area contributed by atoms with E-state index in [1.165, 1.54) is 48.0 Å². The molecule has 1 fully saturated rings. The van der Waals surface area contributed by atoms with Gasteiger partial charge in [-0.15, -0.1) is 0 Å². The third-order valence-corrected chi connectivity index (χ3v) is 3.82. The van der Waals surface area contributed by atoms with Gasteiger partial charge in [0, 0.05) is 11.0 Å². The number of likely N-dealkylation sites (tertiary alicyclic amines) is 1. The van der Waals surface area contributed by atoms with E-state index < -0.39 is 0 Å². The van der Waals surface area contributed by atoms with Gasteiger partial charge in [0.25, 0.3) is 0 Å². The fraction of sp³-hybridized carbons (Fsp3) is 0.538. The van der Waals surface area contributed by atoms with Crippen molar-refractivity contribution in [2.45, 2.75) is 32.7 Å². The number of hydrogen-bond acceptors (Lipinski definition) is 1. The van der Waals surface area contributed by atoms with Crippen LogP contribution in [-0.2, 0) is 6.54 Å². The SMILES string of the molecule is Cc1ccc(Br)c(CN2CCCCC2)c1. The summed E-state index contributed by atoms with van der Waals surface area (Å²) in [6.07, 6.45) is 4.14. The second kappa shape index (κ2) is 5.13. The topological polar surface area (TPSA) is 3.24 Å². The normalized spacial score (nSPS) is 18.0. The van der Waals surface area contributed by atoms with Gasteiger partial charge in [-0.1, -0.05) is 40.0 Å². The zero-order chi connectivity index (χ0) is 10.7. The number of aryl methyl sites for hydroxylation is 1. The van der Waals surface area contributed by atoms with Crippen molar-refractivity contribution < 1.29 is 0 Å². The molecule has 0 amide bonds. The van der Waals surface area contributed by atoms with Crippen LogP contribution in [0.3, 0.4) is 0 Å². The molecule has 1 saturated heterocycles. The lowest BCUT2D eigenvalue weighted by Gasteiger charge is -2.26. The number of piperidine rings is 1. The molecule has 82 valence electrons. The first-order valence-corrected chi connectivity index (χ1v) is 6.52. The smallest absolute Gasteiger partial charge is 0.0245 e. The van der Waals surface area contributed by atoms with Crippen molar-refractivity contribution in [3.8, 4) is 0 Å². The lowest BCUT2D eigenvalue weighted by atomic mass is 10.1. The number of hydrogen-bond donors (Lipinski definition) is 0. The highest BCUT2D eigenvalue weighted by Crippen LogP contribution is 2.21. The van der Waals surface area contributed by atoms with E-state index in [2.05, 4.69) is 46.0 Å². The monoisotopic (exact) mass is 267 g/mol. The molecular formula is C13H18BrN. The van der Waals surface area contributed by atoms with Crippen molar-refractivity contribution in [2.24, 2.45) is 0 Å². The van der Waals surface area contributed by atoms with Gasteiger partial charge in [0.05, 0.1) is 0 Å². The highest BCUT2D eigenvalue weighted by molar-refractivity contribution is 9.10. The number of rotatable bonds is 2. The molecular weight excluding hydrogens is 250 g/mol. The van der Waals surface area contributed by atoms with Gasteiger partial charge in [0.1, 0.15) is 0 Å². The van der Waals surface area contributed by atoms with Crippen molar-refractivity contribution >= 4 is 15.9 Å². The summed E-state index contributed by atoms with van der Waals surface area (Å²) in [5.74, 6) is 0. The van der Waals surface area contributed by atoms with E-state index in [0.717, 1.165) is 6.54 Å². The molecule has 1 nitrogen and oxygen atoms in total. The Morgan fingerprint density at radius 1 is 1.20 bits per heavy atom. The minimum absolute atomic E-state index is 1.10. The molecule has 15 heavy (non-hydrogen) atoms. The molecule has 1 aliphatic rings. The standard InChI is InChI=1S/C13H18BrN/c1-11-5-6-13(14)12(9-11)10-15-7-3-2-4-8-15/h5-6,9H,2-4,7-8,10H2,1H3. The van der Waals surface area contributed by atoms with E-state index in [0.29, 0.717) is 0 Å². The summed E-state index contributed by atoms with van der Waals surface area (Å²) in [4.78, 5) is 2.56. The fourth-order valence-electron chi connectivity index (χ4n) is 2.18. The first-order valence-electron chi connectivity index (χ1n) is 5.73. The van der Waals surface area contributed by atoms with Crippen molar-refractivity contribution in [3.05, 3.63) is 33.8 Å². The fourth-order valence-corrected chi connectivity index (χ4v) is 2.56. The summed E-state index contributed by atoms with van der Waals surface area (Å²) in [6.45, 7) is 5.79. The van der Waals surface area contributed by atoms with Crippen LogP contribution in [0.1, 0.15) is 30.4 Å². The van der Waals surface area contributed by atoms with Gasteiger partial charge >= 0.3 is 0 Å². The van der Waals surface area contributed by atoms with E-state index in [9.17, 15) is 0 Å². The molecule has 1 aliphatic heterocycles. The van der Waals surface area contributed by atoms with Crippen molar-refractivity contribution in [1.82, 2.24) is 4.90 Å². The van der Waals surface area contributed by atoms with E-state index >= 15 is 0 Å². The summed E-state index contributed by atoms with van der Waals surface area (Å²) < 4.78 is 1.25. The Morgan fingerprint density at radius 3 is 2.67 bits per heavy atom. The van der Waals surface area contributed by atoms with Crippen LogP contribution in [0.25, 0.3) is 0 Å². The predicted octanol–water partition coefficient (Wildman–Crippen LogP) is 3.74. The van der Waals surface area contributed by atoms with E-state index in [4.69, 9.17) is 0 Å². The van der Waals surface area contributed by atoms with Crippen molar-refractivity contribution in [3.63, 3.8) is 0 Å². The Hall–Kier alpha value is -0.340. The number of nitrogens with zero attached hydrogens (tertiary/aromatic N) is 1. The second-order valence-electron chi connectivity index (χ2n) is 4.43. The summed E-state index contributed by atoms with van der Waals surface area (Å²) in [5, 5.41) is 0. The summed E-state index contributed by atoms with van der Waals surface area (Å²) >= 11 is 3.63. The molecule has 0 aliphatic carbocycles. The van der Waals surface area contributed by atoms with Crippen LogP contribution in [0.5, 0.6) is 0 Å². The Kier molecular flexibility index (Phi) is 3.81. The van der Waals surface area contributed by atoms with Gasteiger partial charge < -0.3 is 0 Å². The lowest BCUT2D eigenvalue weighted by Crippen LogP contribution is -2.29.